The van der Waals surface area contributed by atoms with Crippen molar-refractivity contribution in [2.75, 3.05) is 0 Å². The summed E-state index contributed by atoms with van der Waals surface area (Å²) in [5.41, 5.74) is 0.798. The molecular weight excluding hydrogens is 469 g/mol. The molecule has 0 aromatic heterocycles. The van der Waals surface area contributed by atoms with Crippen molar-refractivity contribution in [3.63, 3.8) is 0 Å². The van der Waals surface area contributed by atoms with Gasteiger partial charge in [0.2, 0.25) is 0 Å². The standard InChI is InChI=1S/C28H56O3Si3/c1-27-16-14-21(29-32(3,4)5)18-20(27)19-24(30-33(6,7)8)26-22-12-13-25(31-34(9,10)11)28(22,2)17-15-23(26)27/h20-26H,12-19H2,1-11H3/t20-,21+,22+,23+,24+,25+,26+,27+,28+/m1/s1. The van der Waals surface area contributed by atoms with E-state index >= 15 is 0 Å². The summed E-state index contributed by atoms with van der Waals surface area (Å²) in [6.07, 6.45) is 11.9. The van der Waals surface area contributed by atoms with Crippen molar-refractivity contribution in [1.29, 1.82) is 0 Å². The van der Waals surface area contributed by atoms with Crippen LogP contribution in [0.1, 0.15) is 65.2 Å². The van der Waals surface area contributed by atoms with Gasteiger partial charge in [-0.05, 0) is 145 Å². The lowest BCUT2D eigenvalue weighted by Gasteiger charge is -2.63. The van der Waals surface area contributed by atoms with E-state index in [1.54, 1.807) is 0 Å². The van der Waals surface area contributed by atoms with Gasteiger partial charge in [-0.3, -0.25) is 0 Å². The molecule has 4 aliphatic rings. The summed E-state index contributed by atoms with van der Waals surface area (Å²) in [5, 5.41) is 0. The van der Waals surface area contributed by atoms with E-state index in [0.717, 1.165) is 23.7 Å². The summed E-state index contributed by atoms with van der Waals surface area (Å²) in [4.78, 5) is 0. The molecule has 0 bridgehead atoms. The molecule has 6 heteroatoms. The van der Waals surface area contributed by atoms with Gasteiger partial charge in [0.15, 0.2) is 25.0 Å². The summed E-state index contributed by atoms with van der Waals surface area (Å²) in [7, 11) is -4.68. The number of hydrogen-bond donors (Lipinski definition) is 0. The Morgan fingerprint density at radius 1 is 0.588 bits per heavy atom. The summed E-state index contributed by atoms with van der Waals surface area (Å²) in [5.74, 6) is 3.05. The predicted octanol–water partition coefficient (Wildman–Crippen LogP) is 8.30. The van der Waals surface area contributed by atoms with Crippen molar-refractivity contribution in [1.82, 2.24) is 0 Å². The van der Waals surface area contributed by atoms with Gasteiger partial charge >= 0.3 is 0 Å². The highest BCUT2D eigenvalue weighted by Crippen LogP contribution is 2.67. The van der Waals surface area contributed by atoms with Crippen LogP contribution in [0.25, 0.3) is 0 Å². The molecule has 0 amide bonds. The van der Waals surface area contributed by atoms with Gasteiger partial charge in [-0.2, -0.15) is 0 Å². The first-order chi connectivity index (χ1) is 15.4. The van der Waals surface area contributed by atoms with Gasteiger partial charge in [0.05, 0.1) is 6.10 Å². The molecule has 0 heterocycles. The zero-order valence-corrected chi connectivity index (χ0v) is 27.4. The van der Waals surface area contributed by atoms with Crippen molar-refractivity contribution < 1.29 is 13.3 Å². The van der Waals surface area contributed by atoms with Crippen molar-refractivity contribution in [2.24, 2.45) is 34.5 Å². The number of hydrogen-bond acceptors (Lipinski definition) is 3. The van der Waals surface area contributed by atoms with E-state index in [9.17, 15) is 0 Å². The maximum atomic E-state index is 7.14. The fourth-order valence-corrected chi connectivity index (χ4v) is 12.5. The molecule has 0 unspecified atom stereocenters. The van der Waals surface area contributed by atoms with Crippen molar-refractivity contribution in [2.45, 2.75) is 142 Å². The molecule has 198 valence electrons. The van der Waals surface area contributed by atoms with E-state index in [-0.39, 0.29) is 0 Å². The number of fused-ring (bicyclic) bond motifs is 5. The lowest BCUT2D eigenvalue weighted by Crippen LogP contribution is -2.61. The Balaban J connectivity index is 1.63. The minimum absolute atomic E-state index is 0.337. The Morgan fingerprint density at radius 2 is 1.15 bits per heavy atom. The largest absolute Gasteiger partial charge is 0.415 e. The SMILES string of the molecule is C[C@]12CC[C@H](O[Si](C)(C)C)C[C@@H]1C[C@H](O[Si](C)(C)C)[C@@H]1[C@@H]2CC[C@]2(C)[C@@H](O[Si](C)(C)C)CC[C@@H]12. The maximum absolute atomic E-state index is 7.14. The van der Waals surface area contributed by atoms with Gasteiger partial charge < -0.3 is 13.3 Å². The molecule has 0 saturated heterocycles. The minimum atomic E-state index is -1.63. The van der Waals surface area contributed by atoms with Crippen LogP contribution >= 0.6 is 0 Å². The minimum Gasteiger partial charge on any atom is -0.415 e. The lowest BCUT2D eigenvalue weighted by molar-refractivity contribution is -0.170. The van der Waals surface area contributed by atoms with Crippen LogP contribution in [-0.4, -0.2) is 43.3 Å². The Bertz CT molecular complexity index is 739. The van der Waals surface area contributed by atoms with Crippen molar-refractivity contribution >= 4 is 25.0 Å². The molecule has 0 N–H and O–H groups in total. The second-order valence-electron chi connectivity index (χ2n) is 16.0. The molecule has 0 radical (unpaired) electrons. The first kappa shape index (κ1) is 27.6. The predicted molar refractivity (Wildman–Crippen MR) is 152 cm³/mol. The summed E-state index contributed by atoms with van der Waals surface area (Å²) in [6.45, 7) is 26.7. The van der Waals surface area contributed by atoms with Crippen LogP contribution in [0.3, 0.4) is 0 Å². The Morgan fingerprint density at radius 3 is 1.74 bits per heavy atom. The van der Waals surface area contributed by atoms with E-state index < -0.39 is 25.0 Å². The van der Waals surface area contributed by atoms with Crippen LogP contribution < -0.4 is 0 Å². The van der Waals surface area contributed by atoms with Crippen molar-refractivity contribution in [3.8, 4) is 0 Å². The van der Waals surface area contributed by atoms with Gasteiger partial charge in [0.1, 0.15) is 0 Å². The van der Waals surface area contributed by atoms with Crippen LogP contribution in [0.2, 0.25) is 58.9 Å². The Kier molecular flexibility index (Phi) is 7.36. The number of rotatable bonds is 6. The first-order valence-corrected chi connectivity index (χ1v) is 24.7. The molecular formula is C28H56O3Si3. The van der Waals surface area contributed by atoms with Crippen LogP contribution in [-0.2, 0) is 13.3 Å². The van der Waals surface area contributed by atoms with E-state index in [0.29, 0.717) is 29.1 Å². The van der Waals surface area contributed by atoms with Gasteiger partial charge in [0, 0.05) is 12.2 Å². The maximum Gasteiger partial charge on any atom is 0.184 e. The molecule has 4 aliphatic carbocycles. The highest BCUT2D eigenvalue weighted by Gasteiger charge is 2.63. The molecule has 4 rings (SSSR count). The molecule has 4 saturated carbocycles. The van der Waals surface area contributed by atoms with E-state index in [4.69, 9.17) is 13.3 Å². The molecule has 3 nitrogen and oxygen atoms in total. The van der Waals surface area contributed by atoms with E-state index in [2.05, 4.69) is 72.8 Å². The Labute approximate surface area is 214 Å². The molecule has 4 fully saturated rings. The molecule has 34 heavy (non-hydrogen) atoms. The molecule has 9 atom stereocenters. The lowest BCUT2D eigenvalue weighted by atomic mass is 9.44. The first-order valence-electron chi connectivity index (χ1n) is 14.4. The smallest absolute Gasteiger partial charge is 0.184 e. The summed E-state index contributed by atoms with van der Waals surface area (Å²) in [6, 6.07) is 0. The van der Waals surface area contributed by atoms with Crippen LogP contribution in [0, 0.1) is 34.5 Å². The third-order valence-corrected chi connectivity index (χ3v) is 13.1. The second-order valence-corrected chi connectivity index (χ2v) is 29.3. The van der Waals surface area contributed by atoms with Gasteiger partial charge in [0.25, 0.3) is 0 Å². The van der Waals surface area contributed by atoms with Crippen LogP contribution in [0.5, 0.6) is 0 Å². The normalized spacial score (nSPS) is 45.4. The molecule has 0 spiro atoms. The zero-order chi connectivity index (χ0) is 25.3. The summed E-state index contributed by atoms with van der Waals surface area (Å²) >= 11 is 0. The fourth-order valence-electron chi connectivity index (χ4n) is 8.91. The second kappa shape index (κ2) is 9.07. The average molecular weight is 525 g/mol. The Hall–Kier alpha value is 0.531. The summed E-state index contributed by atoms with van der Waals surface area (Å²) < 4.78 is 20.7. The highest BCUT2D eigenvalue weighted by molar-refractivity contribution is 6.70. The molecule has 0 aromatic rings. The van der Waals surface area contributed by atoms with Gasteiger partial charge in [-0.25, -0.2) is 0 Å². The van der Waals surface area contributed by atoms with Crippen LogP contribution in [0.4, 0.5) is 0 Å². The quantitative estimate of drug-likeness (QED) is 0.327. The third-order valence-electron chi connectivity index (χ3n) is 10.0. The zero-order valence-electron chi connectivity index (χ0n) is 24.4. The van der Waals surface area contributed by atoms with E-state index in [1.807, 2.05) is 0 Å². The average Bonchev–Trinajstić information content (AvgIpc) is 2.95. The van der Waals surface area contributed by atoms with Gasteiger partial charge in [-0.15, -0.1) is 0 Å². The van der Waals surface area contributed by atoms with Crippen LogP contribution in [0.15, 0.2) is 0 Å². The monoisotopic (exact) mass is 524 g/mol. The topological polar surface area (TPSA) is 27.7 Å². The van der Waals surface area contributed by atoms with E-state index in [1.165, 1.54) is 51.4 Å². The fraction of sp³-hybridized carbons (Fsp3) is 1.00. The third kappa shape index (κ3) is 5.52. The molecule has 0 aromatic carbocycles. The van der Waals surface area contributed by atoms with Crippen molar-refractivity contribution in [3.05, 3.63) is 0 Å². The van der Waals surface area contributed by atoms with Gasteiger partial charge in [-0.1, -0.05) is 13.8 Å². The highest BCUT2D eigenvalue weighted by atomic mass is 28.4. The molecule has 0 aliphatic heterocycles.